The van der Waals surface area contributed by atoms with Gasteiger partial charge < -0.3 is 15.4 Å². The van der Waals surface area contributed by atoms with E-state index in [1.807, 2.05) is 0 Å². The smallest absolute Gasteiger partial charge is 0.0597 e. The number of benzene rings is 1. The first-order chi connectivity index (χ1) is 9.63. The molecule has 20 heavy (non-hydrogen) atoms. The molecule has 0 bridgehead atoms. The molecule has 1 saturated heterocycles. The number of nitrogens with zero attached hydrogens (tertiary/aromatic N) is 1. The van der Waals surface area contributed by atoms with Gasteiger partial charge in [0.2, 0.25) is 0 Å². The van der Waals surface area contributed by atoms with Crippen LogP contribution in [0.15, 0.2) is 24.3 Å². The van der Waals surface area contributed by atoms with E-state index in [1.165, 1.54) is 17.7 Å². The van der Waals surface area contributed by atoms with E-state index in [2.05, 4.69) is 50.1 Å². The fraction of sp³-hybridized carbons (Fsp3) is 0.647. The Morgan fingerprint density at radius 1 is 1.40 bits per heavy atom. The molecule has 1 aliphatic heterocycles. The molecule has 3 nitrogen and oxygen atoms in total. The maximum Gasteiger partial charge on any atom is 0.0597 e. The van der Waals surface area contributed by atoms with Crippen molar-refractivity contribution in [2.75, 3.05) is 25.1 Å². The Bertz CT molecular complexity index is 433. The molecule has 1 fully saturated rings. The van der Waals surface area contributed by atoms with Gasteiger partial charge in [0.1, 0.15) is 0 Å². The molecule has 1 aromatic rings. The van der Waals surface area contributed by atoms with Gasteiger partial charge >= 0.3 is 0 Å². The molecule has 3 heteroatoms. The van der Waals surface area contributed by atoms with Crippen molar-refractivity contribution in [3.63, 3.8) is 0 Å². The van der Waals surface area contributed by atoms with Crippen molar-refractivity contribution in [1.29, 1.82) is 0 Å². The first-order valence-electron chi connectivity index (χ1n) is 7.74. The first-order valence-corrected chi connectivity index (χ1v) is 7.74. The van der Waals surface area contributed by atoms with Crippen LogP contribution in [0, 0.1) is 6.92 Å². The summed E-state index contributed by atoms with van der Waals surface area (Å²) in [6.45, 7) is 5.88. The Kier molecular flexibility index (Phi) is 5.06. The number of likely N-dealkylation sites (N-methyl/N-ethyl adjacent to an activating group) is 1. The summed E-state index contributed by atoms with van der Waals surface area (Å²) in [7, 11) is 2.18. The van der Waals surface area contributed by atoms with E-state index in [9.17, 15) is 0 Å². The zero-order chi connectivity index (χ0) is 14.6. The number of hydrogen-bond acceptors (Lipinski definition) is 3. The number of aryl methyl sites for hydroxylation is 1. The quantitative estimate of drug-likeness (QED) is 0.898. The second kappa shape index (κ2) is 6.59. The summed E-state index contributed by atoms with van der Waals surface area (Å²) in [5.41, 5.74) is 8.81. The van der Waals surface area contributed by atoms with Gasteiger partial charge in [-0.25, -0.2) is 0 Å². The van der Waals surface area contributed by atoms with E-state index in [0.717, 1.165) is 25.9 Å². The van der Waals surface area contributed by atoms with E-state index in [0.29, 0.717) is 12.6 Å². The highest BCUT2D eigenvalue weighted by atomic mass is 16.5. The van der Waals surface area contributed by atoms with Crippen LogP contribution in [0.5, 0.6) is 0 Å². The molecule has 2 unspecified atom stereocenters. The molecular weight excluding hydrogens is 248 g/mol. The fourth-order valence-electron chi connectivity index (χ4n) is 3.33. The van der Waals surface area contributed by atoms with Crippen molar-refractivity contribution in [2.45, 2.75) is 51.2 Å². The van der Waals surface area contributed by atoms with E-state index < -0.39 is 0 Å². The Morgan fingerprint density at radius 3 is 2.80 bits per heavy atom. The third kappa shape index (κ3) is 2.99. The van der Waals surface area contributed by atoms with Crippen LogP contribution in [0.1, 0.15) is 38.2 Å². The molecule has 2 N–H and O–H groups in total. The average Bonchev–Trinajstić information content (AvgIpc) is 2.47. The van der Waals surface area contributed by atoms with Gasteiger partial charge in [0.15, 0.2) is 0 Å². The summed E-state index contributed by atoms with van der Waals surface area (Å²) in [4.78, 5) is 2.40. The molecule has 0 aromatic heterocycles. The zero-order valence-corrected chi connectivity index (χ0v) is 13.1. The summed E-state index contributed by atoms with van der Waals surface area (Å²) < 4.78 is 5.91. The van der Waals surface area contributed by atoms with E-state index in [-0.39, 0.29) is 5.54 Å². The summed E-state index contributed by atoms with van der Waals surface area (Å²) in [6, 6.07) is 8.55. The lowest BCUT2D eigenvalue weighted by molar-refractivity contribution is -0.0216. The summed E-state index contributed by atoms with van der Waals surface area (Å²) in [6.07, 6.45) is 4.68. The van der Waals surface area contributed by atoms with Gasteiger partial charge in [-0.05, 0) is 37.8 Å². The van der Waals surface area contributed by atoms with Crippen molar-refractivity contribution in [1.82, 2.24) is 0 Å². The lowest BCUT2D eigenvalue weighted by atomic mass is 9.83. The Balaban J connectivity index is 2.23. The molecule has 2 rings (SSSR count). The molecule has 1 heterocycles. The summed E-state index contributed by atoms with van der Waals surface area (Å²) in [5.74, 6) is 0. The summed E-state index contributed by atoms with van der Waals surface area (Å²) >= 11 is 0. The minimum atomic E-state index is 0.0319. The van der Waals surface area contributed by atoms with Crippen molar-refractivity contribution >= 4 is 5.69 Å². The predicted octanol–water partition coefficient (Wildman–Crippen LogP) is 3.11. The zero-order valence-electron chi connectivity index (χ0n) is 13.1. The highest BCUT2D eigenvalue weighted by molar-refractivity contribution is 5.54. The average molecular weight is 276 g/mol. The molecule has 112 valence electrons. The largest absolute Gasteiger partial charge is 0.378 e. The van der Waals surface area contributed by atoms with Crippen molar-refractivity contribution in [3.8, 4) is 0 Å². The lowest BCUT2D eigenvalue weighted by Gasteiger charge is -2.48. The predicted molar refractivity (Wildman–Crippen MR) is 85.2 cm³/mol. The Hall–Kier alpha value is -1.06. The maximum atomic E-state index is 6.19. The summed E-state index contributed by atoms with van der Waals surface area (Å²) in [5, 5.41) is 0. The number of para-hydroxylation sites is 1. The molecule has 0 aliphatic carbocycles. The van der Waals surface area contributed by atoms with E-state index in [1.54, 1.807) is 0 Å². The number of ether oxygens (including phenoxy) is 1. The number of rotatable bonds is 5. The van der Waals surface area contributed by atoms with Crippen molar-refractivity contribution in [2.24, 2.45) is 5.73 Å². The van der Waals surface area contributed by atoms with Crippen LogP contribution in [0.4, 0.5) is 5.69 Å². The number of hydrogen-bond donors (Lipinski definition) is 1. The van der Waals surface area contributed by atoms with Crippen LogP contribution < -0.4 is 10.6 Å². The van der Waals surface area contributed by atoms with Gasteiger partial charge in [0.25, 0.3) is 0 Å². The SMILES string of the molecule is CCCC1CC(CN)(N(C)c2ccccc2C)CCO1. The van der Waals surface area contributed by atoms with Gasteiger partial charge in [0.05, 0.1) is 11.6 Å². The van der Waals surface area contributed by atoms with E-state index >= 15 is 0 Å². The van der Waals surface area contributed by atoms with Crippen molar-refractivity contribution in [3.05, 3.63) is 29.8 Å². The highest BCUT2D eigenvalue weighted by Gasteiger charge is 2.39. The monoisotopic (exact) mass is 276 g/mol. The van der Waals surface area contributed by atoms with Gasteiger partial charge in [-0.15, -0.1) is 0 Å². The second-order valence-corrected chi connectivity index (χ2v) is 6.01. The Labute approximate surface area is 123 Å². The third-order valence-corrected chi connectivity index (χ3v) is 4.71. The second-order valence-electron chi connectivity index (χ2n) is 6.01. The fourth-order valence-corrected chi connectivity index (χ4v) is 3.33. The van der Waals surface area contributed by atoms with Crippen molar-refractivity contribution < 1.29 is 4.74 Å². The van der Waals surface area contributed by atoms with Gasteiger partial charge in [-0.2, -0.15) is 0 Å². The Morgan fingerprint density at radius 2 is 2.15 bits per heavy atom. The van der Waals surface area contributed by atoms with Crippen LogP contribution >= 0.6 is 0 Å². The van der Waals surface area contributed by atoms with Crippen LogP contribution in [0.3, 0.4) is 0 Å². The maximum absolute atomic E-state index is 6.19. The minimum Gasteiger partial charge on any atom is -0.378 e. The lowest BCUT2D eigenvalue weighted by Crippen LogP contribution is -2.57. The highest BCUT2D eigenvalue weighted by Crippen LogP contribution is 2.35. The van der Waals surface area contributed by atoms with Crippen LogP contribution in [0.25, 0.3) is 0 Å². The van der Waals surface area contributed by atoms with Crippen LogP contribution in [-0.4, -0.2) is 31.8 Å². The molecule has 0 spiro atoms. The molecule has 0 saturated carbocycles. The normalized spacial score (nSPS) is 26.5. The topological polar surface area (TPSA) is 38.5 Å². The molecule has 0 amide bonds. The first kappa shape index (κ1) is 15.3. The van der Waals surface area contributed by atoms with Gasteiger partial charge in [-0.1, -0.05) is 31.5 Å². The molecule has 1 aliphatic rings. The number of anilines is 1. The third-order valence-electron chi connectivity index (χ3n) is 4.71. The minimum absolute atomic E-state index is 0.0319. The van der Waals surface area contributed by atoms with Gasteiger partial charge in [0, 0.05) is 25.9 Å². The molecule has 2 atom stereocenters. The van der Waals surface area contributed by atoms with Crippen LogP contribution in [0.2, 0.25) is 0 Å². The van der Waals surface area contributed by atoms with Crippen LogP contribution in [-0.2, 0) is 4.74 Å². The molecular formula is C17H28N2O. The molecule has 1 aromatic carbocycles. The molecule has 0 radical (unpaired) electrons. The number of nitrogens with two attached hydrogens (primary N) is 1. The van der Waals surface area contributed by atoms with E-state index in [4.69, 9.17) is 10.5 Å². The standard InChI is InChI=1S/C17H28N2O/c1-4-7-15-12-17(13-18,10-11-20-15)19(3)16-9-6-5-8-14(16)2/h5-6,8-9,15H,4,7,10-13,18H2,1-3H3. The van der Waals surface area contributed by atoms with Gasteiger partial charge in [-0.3, -0.25) is 0 Å².